The number of allylic oxidation sites excluding steroid dienone is 1. The third-order valence-corrected chi connectivity index (χ3v) is 4.26. The molecule has 0 bridgehead atoms. The summed E-state index contributed by atoms with van der Waals surface area (Å²) in [6, 6.07) is 11.0. The largest absolute Gasteiger partial charge is 0.399 e. The number of benzene rings is 2. The molecule has 0 radical (unpaired) electrons. The fourth-order valence-electron chi connectivity index (χ4n) is 2.49. The van der Waals surface area contributed by atoms with Crippen LogP contribution in [-0.4, -0.2) is 12.0 Å². The summed E-state index contributed by atoms with van der Waals surface area (Å²) < 4.78 is 40.3. The highest BCUT2D eigenvalue weighted by atomic mass is 35.5. The third-order valence-electron chi connectivity index (χ3n) is 3.82. The van der Waals surface area contributed by atoms with Crippen molar-refractivity contribution in [1.82, 2.24) is 0 Å². The fourth-order valence-corrected chi connectivity index (χ4v) is 3.03. The van der Waals surface area contributed by atoms with E-state index in [1.54, 1.807) is 12.1 Å². The zero-order valence-electron chi connectivity index (χ0n) is 14.0. The molecule has 0 fully saturated rings. The average Bonchev–Trinajstić information content (AvgIpc) is 2.52. The SMILES string of the molecule is CC(=O)CCc1ccc(/C=C/C(c2cc(Cl)cc(Cl)c2)C(F)(F)F)cc1. The number of alkyl halides is 3. The summed E-state index contributed by atoms with van der Waals surface area (Å²) in [5, 5.41) is 0.315. The lowest BCUT2D eigenvalue weighted by atomic mass is 9.97. The van der Waals surface area contributed by atoms with Crippen LogP contribution in [0.3, 0.4) is 0 Å². The van der Waals surface area contributed by atoms with Crippen LogP contribution in [-0.2, 0) is 11.2 Å². The minimum absolute atomic E-state index is 0.00988. The molecule has 0 aliphatic rings. The maximum absolute atomic E-state index is 13.4. The maximum Gasteiger partial charge on any atom is 0.399 e. The minimum atomic E-state index is -4.47. The van der Waals surface area contributed by atoms with Crippen LogP contribution in [0.1, 0.15) is 36.0 Å². The molecule has 0 N–H and O–H groups in total. The van der Waals surface area contributed by atoms with Crippen molar-refractivity contribution < 1.29 is 18.0 Å². The van der Waals surface area contributed by atoms with Gasteiger partial charge in [0.05, 0.1) is 5.92 Å². The van der Waals surface area contributed by atoms with Gasteiger partial charge in [-0.15, -0.1) is 0 Å². The highest BCUT2D eigenvalue weighted by molar-refractivity contribution is 6.34. The number of carbonyl (C=O) groups is 1. The second-order valence-electron chi connectivity index (χ2n) is 6.02. The second-order valence-corrected chi connectivity index (χ2v) is 6.90. The highest BCUT2D eigenvalue weighted by Gasteiger charge is 2.39. The Hall–Kier alpha value is -1.78. The van der Waals surface area contributed by atoms with Crippen molar-refractivity contribution in [3.63, 3.8) is 0 Å². The van der Waals surface area contributed by atoms with Crippen LogP contribution in [0.25, 0.3) is 6.08 Å². The minimum Gasteiger partial charge on any atom is -0.300 e. The van der Waals surface area contributed by atoms with E-state index < -0.39 is 12.1 Å². The van der Waals surface area contributed by atoms with Crippen LogP contribution in [0.15, 0.2) is 48.5 Å². The molecule has 0 saturated heterocycles. The van der Waals surface area contributed by atoms with Crippen molar-refractivity contribution >= 4 is 35.1 Å². The Labute approximate surface area is 160 Å². The predicted octanol–water partition coefficient (Wildman–Crippen LogP) is 6.87. The molecular weight excluding hydrogens is 384 g/mol. The summed E-state index contributed by atoms with van der Waals surface area (Å²) >= 11 is 11.7. The topological polar surface area (TPSA) is 17.1 Å². The van der Waals surface area contributed by atoms with E-state index in [2.05, 4.69) is 0 Å². The van der Waals surface area contributed by atoms with Gasteiger partial charge in [0.25, 0.3) is 0 Å². The standard InChI is InChI=1S/C20H17Cl2F3O/c1-13(26)2-3-14-4-6-15(7-5-14)8-9-19(20(23,24)25)16-10-17(21)12-18(22)11-16/h4-12,19H,2-3H2,1H3/b9-8+. The smallest absolute Gasteiger partial charge is 0.300 e. The van der Waals surface area contributed by atoms with Gasteiger partial charge in [-0.1, -0.05) is 59.6 Å². The predicted molar refractivity (Wildman–Crippen MR) is 99.7 cm³/mol. The lowest BCUT2D eigenvalue weighted by molar-refractivity contribution is -0.139. The molecule has 2 aromatic rings. The Bertz CT molecular complexity index is 775. The van der Waals surface area contributed by atoms with E-state index in [4.69, 9.17) is 23.2 Å². The van der Waals surface area contributed by atoms with E-state index in [0.717, 1.165) is 11.6 Å². The summed E-state index contributed by atoms with van der Waals surface area (Å²) in [6.45, 7) is 1.52. The summed E-state index contributed by atoms with van der Waals surface area (Å²) in [7, 11) is 0. The Kier molecular flexibility index (Phi) is 6.90. The summed E-state index contributed by atoms with van der Waals surface area (Å²) in [4.78, 5) is 11.0. The molecule has 0 aliphatic heterocycles. The number of rotatable bonds is 6. The molecule has 0 heterocycles. The number of Topliss-reactive ketones (excluding diaryl/α,β-unsaturated/α-hetero) is 1. The molecule has 6 heteroatoms. The summed E-state index contributed by atoms with van der Waals surface area (Å²) in [5.41, 5.74) is 1.59. The van der Waals surface area contributed by atoms with E-state index >= 15 is 0 Å². The Morgan fingerprint density at radius 3 is 2.15 bits per heavy atom. The van der Waals surface area contributed by atoms with Crippen LogP contribution in [0.4, 0.5) is 13.2 Å². The maximum atomic E-state index is 13.4. The fraction of sp³-hybridized carbons (Fsp3) is 0.250. The number of halogens is 5. The summed E-state index contributed by atoms with van der Waals surface area (Å²) in [6.07, 6.45) is -0.896. The van der Waals surface area contributed by atoms with E-state index in [9.17, 15) is 18.0 Å². The van der Waals surface area contributed by atoms with Crippen molar-refractivity contribution in [2.45, 2.75) is 31.9 Å². The van der Waals surface area contributed by atoms with Crippen LogP contribution in [0.5, 0.6) is 0 Å². The molecule has 1 atom stereocenters. The van der Waals surface area contributed by atoms with Gasteiger partial charge in [0, 0.05) is 16.5 Å². The van der Waals surface area contributed by atoms with E-state index in [1.165, 1.54) is 31.2 Å². The van der Waals surface area contributed by atoms with E-state index in [-0.39, 0.29) is 21.4 Å². The average molecular weight is 401 g/mol. The zero-order valence-corrected chi connectivity index (χ0v) is 15.5. The molecule has 26 heavy (non-hydrogen) atoms. The zero-order chi connectivity index (χ0) is 19.3. The van der Waals surface area contributed by atoms with Crippen molar-refractivity contribution in [3.8, 4) is 0 Å². The van der Waals surface area contributed by atoms with Crippen LogP contribution < -0.4 is 0 Å². The highest BCUT2D eigenvalue weighted by Crippen LogP contribution is 2.38. The van der Waals surface area contributed by atoms with Crippen molar-refractivity contribution in [1.29, 1.82) is 0 Å². The van der Waals surface area contributed by atoms with Crippen molar-refractivity contribution in [2.24, 2.45) is 0 Å². The quantitative estimate of drug-likeness (QED) is 0.516. The molecule has 0 saturated carbocycles. The van der Waals surface area contributed by atoms with Gasteiger partial charge in [0.2, 0.25) is 0 Å². The number of hydrogen-bond donors (Lipinski definition) is 0. The first-order chi connectivity index (χ1) is 12.1. The van der Waals surface area contributed by atoms with E-state index in [0.29, 0.717) is 18.4 Å². The van der Waals surface area contributed by atoms with Gasteiger partial charge in [0.15, 0.2) is 0 Å². The van der Waals surface area contributed by atoms with Crippen molar-refractivity contribution in [2.75, 3.05) is 0 Å². The molecule has 0 aromatic heterocycles. The first-order valence-corrected chi connectivity index (χ1v) is 8.70. The van der Waals surface area contributed by atoms with Gasteiger partial charge >= 0.3 is 6.18 Å². The normalized spacial score (nSPS) is 13.2. The van der Waals surface area contributed by atoms with Crippen LogP contribution in [0.2, 0.25) is 10.0 Å². The molecule has 2 rings (SSSR count). The number of aryl methyl sites for hydroxylation is 1. The lowest BCUT2D eigenvalue weighted by Gasteiger charge is -2.18. The molecule has 0 spiro atoms. The third kappa shape index (κ3) is 6.19. The van der Waals surface area contributed by atoms with Gasteiger partial charge in [0.1, 0.15) is 5.78 Å². The van der Waals surface area contributed by atoms with Crippen LogP contribution in [0, 0.1) is 0 Å². The van der Waals surface area contributed by atoms with Gasteiger partial charge in [-0.3, -0.25) is 0 Å². The molecule has 138 valence electrons. The van der Waals surface area contributed by atoms with Crippen LogP contribution >= 0.6 is 23.2 Å². The Morgan fingerprint density at radius 1 is 1.08 bits per heavy atom. The van der Waals surface area contributed by atoms with Gasteiger partial charge < -0.3 is 4.79 Å². The van der Waals surface area contributed by atoms with Crippen molar-refractivity contribution in [3.05, 3.63) is 75.3 Å². The van der Waals surface area contributed by atoms with Gasteiger partial charge in [-0.05, 0) is 48.2 Å². The van der Waals surface area contributed by atoms with E-state index in [1.807, 2.05) is 12.1 Å². The molecular formula is C20H17Cl2F3O. The molecule has 2 aromatic carbocycles. The number of carbonyl (C=O) groups excluding carboxylic acids is 1. The molecule has 1 nitrogen and oxygen atoms in total. The number of ketones is 1. The molecule has 0 aliphatic carbocycles. The lowest BCUT2D eigenvalue weighted by Crippen LogP contribution is -2.18. The Balaban J connectivity index is 2.21. The molecule has 1 unspecified atom stereocenters. The van der Waals surface area contributed by atoms with Gasteiger partial charge in [-0.2, -0.15) is 13.2 Å². The monoisotopic (exact) mass is 400 g/mol. The second kappa shape index (κ2) is 8.74. The summed E-state index contributed by atoms with van der Waals surface area (Å²) in [5.74, 6) is -1.71. The first-order valence-electron chi connectivity index (χ1n) is 7.94. The molecule has 0 amide bonds. The Morgan fingerprint density at radius 2 is 1.65 bits per heavy atom. The first kappa shape index (κ1) is 20.5. The number of hydrogen-bond acceptors (Lipinski definition) is 1. The van der Waals surface area contributed by atoms with Gasteiger partial charge in [-0.25, -0.2) is 0 Å².